The zero-order chi connectivity index (χ0) is 16.0. The first-order valence-corrected chi connectivity index (χ1v) is 7.59. The standard InChI is InChI=1S/C16H9Cl2N3O2/c17-11-3-1-2-8(13(11)18)9-7-21-23-16(9)10-6-20-15-12(22)4-5-19-14(10)15/h1-3,5-7,20H,4H2. The van der Waals surface area contributed by atoms with Gasteiger partial charge < -0.3 is 9.51 Å². The summed E-state index contributed by atoms with van der Waals surface area (Å²) in [7, 11) is 0. The summed E-state index contributed by atoms with van der Waals surface area (Å²) in [6.45, 7) is 0. The molecule has 4 rings (SSSR count). The van der Waals surface area contributed by atoms with Gasteiger partial charge in [0.05, 0.1) is 27.4 Å². The molecule has 1 aromatic carbocycles. The molecule has 0 radical (unpaired) electrons. The maximum absolute atomic E-state index is 11.9. The van der Waals surface area contributed by atoms with Crippen LogP contribution in [0.15, 0.2) is 40.1 Å². The molecule has 0 aliphatic carbocycles. The van der Waals surface area contributed by atoms with Crippen LogP contribution in [-0.2, 0) is 0 Å². The van der Waals surface area contributed by atoms with Gasteiger partial charge in [0.2, 0.25) is 0 Å². The topological polar surface area (TPSA) is 71.2 Å². The molecule has 0 bridgehead atoms. The van der Waals surface area contributed by atoms with Gasteiger partial charge in [-0.1, -0.05) is 40.5 Å². The highest BCUT2D eigenvalue weighted by molar-refractivity contribution is 6.43. The number of nitrogens with one attached hydrogen (secondary N) is 1. The van der Waals surface area contributed by atoms with Crippen molar-refractivity contribution in [2.45, 2.75) is 6.42 Å². The highest BCUT2D eigenvalue weighted by Gasteiger charge is 2.25. The van der Waals surface area contributed by atoms with Gasteiger partial charge in [-0.2, -0.15) is 0 Å². The molecule has 23 heavy (non-hydrogen) atoms. The lowest BCUT2D eigenvalue weighted by molar-refractivity contribution is 0.0997. The van der Waals surface area contributed by atoms with E-state index in [1.807, 2.05) is 6.07 Å². The highest BCUT2D eigenvalue weighted by atomic mass is 35.5. The Morgan fingerprint density at radius 2 is 2.04 bits per heavy atom. The molecular formula is C16H9Cl2N3O2. The molecule has 7 heteroatoms. The third-order valence-corrected chi connectivity index (χ3v) is 4.50. The molecular weight excluding hydrogens is 337 g/mol. The molecule has 0 fully saturated rings. The van der Waals surface area contributed by atoms with Crippen molar-refractivity contribution in [2.24, 2.45) is 4.99 Å². The van der Waals surface area contributed by atoms with E-state index in [1.165, 1.54) is 0 Å². The molecule has 114 valence electrons. The number of hydrogen-bond donors (Lipinski definition) is 1. The van der Waals surface area contributed by atoms with Gasteiger partial charge in [0.1, 0.15) is 11.4 Å². The molecule has 3 heterocycles. The zero-order valence-corrected chi connectivity index (χ0v) is 13.1. The Labute approximate surface area is 140 Å². The van der Waals surface area contributed by atoms with E-state index in [4.69, 9.17) is 27.7 Å². The number of nitrogens with zero attached hydrogens (tertiary/aromatic N) is 2. The summed E-state index contributed by atoms with van der Waals surface area (Å²) >= 11 is 12.4. The van der Waals surface area contributed by atoms with Gasteiger partial charge in [0.15, 0.2) is 11.5 Å². The van der Waals surface area contributed by atoms with E-state index in [9.17, 15) is 4.79 Å². The number of ketones is 1. The average molecular weight is 346 g/mol. The van der Waals surface area contributed by atoms with Crippen molar-refractivity contribution < 1.29 is 9.32 Å². The maximum atomic E-state index is 11.9. The van der Waals surface area contributed by atoms with Crippen molar-refractivity contribution in [3.63, 3.8) is 0 Å². The predicted molar refractivity (Wildman–Crippen MR) is 88.8 cm³/mol. The molecule has 0 amide bonds. The Bertz CT molecular complexity index is 956. The smallest absolute Gasteiger partial charge is 0.186 e. The van der Waals surface area contributed by atoms with Crippen LogP contribution in [0, 0.1) is 0 Å². The minimum Gasteiger partial charge on any atom is -0.356 e. The number of aromatic nitrogens is 2. The third kappa shape index (κ3) is 2.20. The quantitative estimate of drug-likeness (QED) is 0.715. The number of rotatable bonds is 2. The van der Waals surface area contributed by atoms with Crippen molar-refractivity contribution in [3.05, 3.63) is 46.3 Å². The summed E-state index contributed by atoms with van der Waals surface area (Å²) in [5.41, 5.74) is 3.08. The van der Waals surface area contributed by atoms with Crippen molar-refractivity contribution >= 4 is 40.9 Å². The summed E-state index contributed by atoms with van der Waals surface area (Å²) in [4.78, 5) is 19.2. The van der Waals surface area contributed by atoms with E-state index in [2.05, 4.69) is 15.1 Å². The largest absolute Gasteiger partial charge is 0.356 e. The van der Waals surface area contributed by atoms with Crippen LogP contribution in [0.4, 0.5) is 5.69 Å². The van der Waals surface area contributed by atoms with Crippen molar-refractivity contribution in [1.29, 1.82) is 0 Å². The van der Waals surface area contributed by atoms with Gasteiger partial charge in [-0.3, -0.25) is 9.79 Å². The Morgan fingerprint density at radius 3 is 2.91 bits per heavy atom. The number of Topliss-reactive ketones (excluding diaryl/α,β-unsaturated/α-hetero) is 1. The second kappa shape index (κ2) is 5.37. The van der Waals surface area contributed by atoms with E-state index >= 15 is 0 Å². The molecule has 0 unspecified atom stereocenters. The molecule has 1 N–H and O–H groups in total. The van der Waals surface area contributed by atoms with Crippen LogP contribution in [0.1, 0.15) is 16.9 Å². The van der Waals surface area contributed by atoms with Crippen LogP contribution in [-0.4, -0.2) is 22.1 Å². The Morgan fingerprint density at radius 1 is 1.17 bits per heavy atom. The fourth-order valence-electron chi connectivity index (χ4n) is 2.59. The lowest BCUT2D eigenvalue weighted by atomic mass is 10.0. The molecule has 0 saturated heterocycles. The number of halogens is 2. The zero-order valence-electron chi connectivity index (χ0n) is 11.6. The molecule has 0 saturated carbocycles. The second-order valence-corrected chi connectivity index (χ2v) is 5.82. The lowest BCUT2D eigenvalue weighted by Crippen LogP contribution is -2.03. The van der Waals surface area contributed by atoms with Gasteiger partial charge in [-0.05, 0) is 6.07 Å². The van der Waals surface area contributed by atoms with Crippen LogP contribution in [0.2, 0.25) is 10.0 Å². The number of H-pyrrole nitrogens is 1. The van der Waals surface area contributed by atoms with E-state index in [-0.39, 0.29) is 12.2 Å². The lowest BCUT2D eigenvalue weighted by Gasteiger charge is -2.07. The van der Waals surface area contributed by atoms with Crippen LogP contribution >= 0.6 is 23.2 Å². The molecule has 3 aromatic rings. The third-order valence-electron chi connectivity index (χ3n) is 3.69. The van der Waals surface area contributed by atoms with Crippen molar-refractivity contribution in [3.8, 4) is 22.5 Å². The number of carbonyl (C=O) groups is 1. The number of benzene rings is 1. The summed E-state index contributed by atoms with van der Waals surface area (Å²) in [6, 6.07) is 5.34. The summed E-state index contributed by atoms with van der Waals surface area (Å²) in [6.07, 6.45) is 5.13. The molecule has 2 aromatic heterocycles. The van der Waals surface area contributed by atoms with Gasteiger partial charge in [-0.25, -0.2) is 0 Å². The Hall–Kier alpha value is -2.37. The van der Waals surface area contributed by atoms with Gasteiger partial charge in [-0.15, -0.1) is 0 Å². The minimum atomic E-state index is -0.0110. The first-order chi connectivity index (χ1) is 11.2. The Balaban J connectivity index is 1.91. The summed E-state index contributed by atoms with van der Waals surface area (Å²) < 4.78 is 5.40. The van der Waals surface area contributed by atoms with Crippen LogP contribution < -0.4 is 0 Å². The van der Waals surface area contributed by atoms with Gasteiger partial charge in [0, 0.05) is 24.4 Å². The van der Waals surface area contributed by atoms with Crippen molar-refractivity contribution in [1.82, 2.24) is 10.1 Å². The fourth-order valence-corrected chi connectivity index (χ4v) is 3.00. The molecule has 1 aliphatic heterocycles. The van der Waals surface area contributed by atoms with E-state index in [0.717, 1.165) is 0 Å². The van der Waals surface area contributed by atoms with E-state index < -0.39 is 0 Å². The monoisotopic (exact) mass is 345 g/mol. The second-order valence-electron chi connectivity index (χ2n) is 5.03. The summed E-state index contributed by atoms with van der Waals surface area (Å²) in [5, 5.41) is 4.73. The molecule has 0 atom stereocenters. The SMILES string of the molecule is O=C1CC=Nc2c(-c3oncc3-c3cccc(Cl)c3Cl)c[nH]c21. The maximum Gasteiger partial charge on any atom is 0.186 e. The first-order valence-electron chi connectivity index (χ1n) is 6.83. The average Bonchev–Trinajstić information content (AvgIpc) is 3.16. The fraction of sp³-hybridized carbons (Fsp3) is 0.0625. The van der Waals surface area contributed by atoms with Gasteiger partial charge in [0.25, 0.3) is 0 Å². The normalized spacial score (nSPS) is 13.4. The van der Waals surface area contributed by atoms with Crippen LogP contribution in [0.3, 0.4) is 0 Å². The Kier molecular flexibility index (Phi) is 3.32. The summed E-state index contributed by atoms with van der Waals surface area (Å²) in [5.74, 6) is 0.474. The van der Waals surface area contributed by atoms with E-state index in [1.54, 1.807) is 30.7 Å². The first kappa shape index (κ1) is 14.2. The molecule has 0 spiro atoms. The number of aromatic amines is 1. The number of hydrogen-bond acceptors (Lipinski definition) is 4. The number of carbonyl (C=O) groups excluding carboxylic acids is 1. The predicted octanol–water partition coefficient (Wildman–Crippen LogP) is 4.93. The van der Waals surface area contributed by atoms with Crippen molar-refractivity contribution in [2.75, 3.05) is 0 Å². The number of fused-ring (bicyclic) bond motifs is 1. The molecule has 5 nitrogen and oxygen atoms in total. The van der Waals surface area contributed by atoms with Crippen LogP contribution in [0.5, 0.6) is 0 Å². The minimum absolute atomic E-state index is 0.0110. The van der Waals surface area contributed by atoms with E-state index in [0.29, 0.717) is 43.9 Å². The molecule has 1 aliphatic rings. The number of aliphatic imine (C=N–C) groups is 1. The van der Waals surface area contributed by atoms with Gasteiger partial charge >= 0.3 is 0 Å². The van der Waals surface area contributed by atoms with Crippen LogP contribution in [0.25, 0.3) is 22.5 Å². The highest BCUT2D eigenvalue weighted by Crippen LogP contribution is 2.43.